The van der Waals surface area contributed by atoms with Gasteiger partial charge in [-0.25, -0.2) is 9.97 Å². The number of anilines is 2. The number of hydrogen-bond acceptors (Lipinski definition) is 5. The number of rotatable bonds is 3. The molecule has 5 heteroatoms. The van der Waals surface area contributed by atoms with Crippen molar-refractivity contribution in [1.29, 1.82) is 0 Å². The first-order valence-corrected chi connectivity index (χ1v) is 6.69. The monoisotopic (exact) mass is 268 g/mol. The van der Waals surface area contributed by atoms with Crippen molar-refractivity contribution in [2.45, 2.75) is 6.92 Å². The summed E-state index contributed by atoms with van der Waals surface area (Å²) in [5.74, 6) is 0.815. The highest BCUT2D eigenvalue weighted by Crippen LogP contribution is 2.29. The lowest BCUT2D eigenvalue weighted by atomic mass is 10.2. The molecule has 0 fully saturated rings. The van der Waals surface area contributed by atoms with Gasteiger partial charge in [0.15, 0.2) is 5.13 Å². The van der Waals surface area contributed by atoms with Gasteiger partial charge in [-0.1, -0.05) is 11.3 Å². The van der Waals surface area contributed by atoms with Gasteiger partial charge in [0.25, 0.3) is 0 Å². The second-order valence-corrected chi connectivity index (χ2v) is 5.14. The van der Waals surface area contributed by atoms with Crippen LogP contribution in [-0.2, 0) is 0 Å². The maximum atomic E-state index is 4.36. The molecule has 0 spiro atoms. The predicted octanol–water partition coefficient (Wildman–Crippen LogP) is 3.65. The molecule has 0 amide bonds. The summed E-state index contributed by atoms with van der Waals surface area (Å²) in [5.41, 5.74) is 2.29. The van der Waals surface area contributed by atoms with E-state index in [2.05, 4.69) is 20.3 Å². The number of nitrogens with zero attached hydrogens (tertiary/aromatic N) is 3. The van der Waals surface area contributed by atoms with Crippen molar-refractivity contribution in [2.24, 2.45) is 0 Å². The number of pyridine rings is 2. The zero-order chi connectivity index (χ0) is 13.1. The fourth-order valence-corrected chi connectivity index (χ4v) is 2.52. The van der Waals surface area contributed by atoms with Gasteiger partial charge in [-0.05, 0) is 42.3 Å². The number of thiazole rings is 1. The van der Waals surface area contributed by atoms with Crippen molar-refractivity contribution in [2.75, 3.05) is 5.32 Å². The van der Waals surface area contributed by atoms with E-state index in [-0.39, 0.29) is 0 Å². The van der Waals surface area contributed by atoms with E-state index in [0.29, 0.717) is 0 Å². The average molecular weight is 268 g/mol. The molecule has 4 nitrogen and oxygen atoms in total. The second-order valence-electron chi connectivity index (χ2n) is 4.11. The normalized spacial score (nSPS) is 10.4. The molecule has 0 aliphatic rings. The molecule has 1 N–H and O–H groups in total. The lowest BCUT2D eigenvalue weighted by Gasteiger charge is -2.01. The van der Waals surface area contributed by atoms with Crippen LogP contribution < -0.4 is 5.32 Å². The quantitative estimate of drug-likeness (QED) is 0.787. The van der Waals surface area contributed by atoms with Crippen LogP contribution in [0.3, 0.4) is 0 Å². The van der Waals surface area contributed by atoms with Gasteiger partial charge in [-0.3, -0.25) is 4.98 Å². The van der Waals surface area contributed by atoms with Gasteiger partial charge in [-0.2, -0.15) is 0 Å². The first-order chi connectivity index (χ1) is 9.31. The van der Waals surface area contributed by atoms with E-state index < -0.39 is 0 Å². The average Bonchev–Trinajstić information content (AvgIpc) is 2.88. The summed E-state index contributed by atoms with van der Waals surface area (Å²) < 4.78 is 0. The fourth-order valence-electron chi connectivity index (χ4n) is 1.70. The van der Waals surface area contributed by atoms with Crippen molar-refractivity contribution >= 4 is 22.3 Å². The summed E-state index contributed by atoms with van der Waals surface area (Å²) in [6.07, 6.45) is 7.21. The largest absolute Gasteiger partial charge is 0.316 e. The first-order valence-electron chi connectivity index (χ1n) is 5.87. The van der Waals surface area contributed by atoms with E-state index in [4.69, 9.17) is 0 Å². The highest BCUT2D eigenvalue weighted by Gasteiger charge is 2.05. The molecular formula is C14H12N4S. The predicted molar refractivity (Wildman–Crippen MR) is 77.6 cm³/mol. The van der Waals surface area contributed by atoms with Crippen LogP contribution >= 0.6 is 11.3 Å². The van der Waals surface area contributed by atoms with Crippen molar-refractivity contribution in [3.05, 3.63) is 54.6 Å². The van der Waals surface area contributed by atoms with E-state index in [1.165, 1.54) is 5.56 Å². The van der Waals surface area contributed by atoms with Crippen LogP contribution in [0.2, 0.25) is 0 Å². The Morgan fingerprint density at radius 1 is 1.05 bits per heavy atom. The van der Waals surface area contributed by atoms with Crippen LogP contribution in [-0.4, -0.2) is 15.0 Å². The zero-order valence-electron chi connectivity index (χ0n) is 10.4. The molecule has 0 unspecified atom stereocenters. The van der Waals surface area contributed by atoms with Crippen LogP contribution in [0.15, 0.2) is 49.1 Å². The summed E-state index contributed by atoms with van der Waals surface area (Å²) in [6.45, 7) is 2.04. The summed E-state index contributed by atoms with van der Waals surface area (Å²) in [6, 6.07) is 7.91. The Morgan fingerprint density at radius 2 is 1.89 bits per heavy atom. The molecule has 0 saturated carbocycles. The number of hydrogen-bond donors (Lipinski definition) is 1. The van der Waals surface area contributed by atoms with Crippen LogP contribution in [0.4, 0.5) is 10.9 Å². The highest BCUT2D eigenvalue weighted by atomic mass is 32.1. The molecule has 3 heterocycles. The highest BCUT2D eigenvalue weighted by molar-refractivity contribution is 7.18. The fraction of sp³-hybridized carbons (Fsp3) is 0.0714. The van der Waals surface area contributed by atoms with E-state index in [1.54, 1.807) is 29.9 Å². The zero-order valence-corrected chi connectivity index (χ0v) is 11.2. The minimum atomic E-state index is 0.815. The lowest BCUT2D eigenvalue weighted by molar-refractivity contribution is 1.26. The van der Waals surface area contributed by atoms with Crippen molar-refractivity contribution in [3.8, 4) is 10.4 Å². The molecule has 0 saturated heterocycles. The van der Waals surface area contributed by atoms with Gasteiger partial charge in [0.05, 0.1) is 4.88 Å². The van der Waals surface area contributed by atoms with Gasteiger partial charge in [0, 0.05) is 24.8 Å². The number of nitrogens with one attached hydrogen (secondary N) is 1. The summed E-state index contributed by atoms with van der Waals surface area (Å²) in [4.78, 5) is 13.7. The third kappa shape index (κ3) is 2.77. The minimum absolute atomic E-state index is 0.815. The maximum absolute atomic E-state index is 4.36. The summed E-state index contributed by atoms with van der Waals surface area (Å²) in [5, 5.41) is 4.05. The molecule has 0 radical (unpaired) electrons. The van der Waals surface area contributed by atoms with E-state index >= 15 is 0 Å². The Balaban J connectivity index is 1.82. The van der Waals surface area contributed by atoms with Crippen molar-refractivity contribution in [3.63, 3.8) is 0 Å². The smallest absolute Gasteiger partial charge is 0.188 e. The molecule has 0 bridgehead atoms. The number of aromatic nitrogens is 3. The lowest BCUT2D eigenvalue weighted by Crippen LogP contribution is -1.92. The molecule has 3 aromatic heterocycles. The molecule has 0 aliphatic heterocycles. The SMILES string of the molecule is Cc1ccnc(Nc2ncc(-c3ccncc3)s2)c1. The van der Waals surface area contributed by atoms with Crippen LogP contribution in [0, 0.1) is 6.92 Å². The molecule has 94 valence electrons. The topological polar surface area (TPSA) is 50.7 Å². The van der Waals surface area contributed by atoms with Gasteiger partial charge in [-0.15, -0.1) is 0 Å². The molecule has 3 aromatic rings. The third-order valence-corrected chi connectivity index (χ3v) is 3.58. The summed E-state index contributed by atoms with van der Waals surface area (Å²) in [7, 11) is 0. The van der Waals surface area contributed by atoms with E-state index in [9.17, 15) is 0 Å². The molecule has 0 atom stereocenters. The Hall–Kier alpha value is -2.27. The Bertz CT molecular complexity index is 679. The van der Waals surface area contributed by atoms with Gasteiger partial charge in [0.1, 0.15) is 5.82 Å². The minimum Gasteiger partial charge on any atom is -0.316 e. The van der Waals surface area contributed by atoms with E-state index in [0.717, 1.165) is 21.4 Å². The Labute approximate surface area is 115 Å². The maximum Gasteiger partial charge on any atom is 0.188 e. The Morgan fingerprint density at radius 3 is 2.68 bits per heavy atom. The molecule has 0 aliphatic carbocycles. The standard InChI is InChI=1S/C14H12N4S/c1-10-2-7-16-13(8-10)18-14-17-9-12(19-14)11-3-5-15-6-4-11/h2-9H,1H3,(H,16,17,18). The molecular weight excluding hydrogens is 256 g/mol. The van der Waals surface area contributed by atoms with Crippen LogP contribution in [0.1, 0.15) is 5.56 Å². The molecule has 3 rings (SSSR count). The van der Waals surface area contributed by atoms with Crippen LogP contribution in [0.25, 0.3) is 10.4 Å². The first kappa shape index (κ1) is 11.8. The molecule has 19 heavy (non-hydrogen) atoms. The second kappa shape index (κ2) is 5.16. The third-order valence-electron chi connectivity index (χ3n) is 2.62. The number of aryl methyl sites for hydroxylation is 1. The van der Waals surface area contributed by atoms with Crippen molar-refractivity contribution < 1.29 is 0 Å². The van der Waals surface area contributed by atoms with Gasteiger partial charge in [0.2, 0.25) is 0 Å². The molecule has 0 aromatic carbocycles. The van der Waals surface area contributed by atoms with Gasteiger partial charge >= 0.3 is 0 Å². The van der Waals surface area contributed by atoms with Crippen molar-refractivity contribution in [1.82, 2.24) is 15.0 Å². The van der Waals surface area contributed by atoms with Gasteiger partial charge < -0.3 is 5.32 Å². The summed E-state index contributed by atoms with van der Waals surface area (Å²) >= 11 is 1.60. The Kier molecular flexibility index (Phi) is 3.20. The van der Waals surface area contributed by atoms with Crippen LogP contribution in [0.5, 0.6) is 0 Å². The van der Waals surface area contributed by atoms with E-state index in [1.807, 2.05) is 37.4 Å².